The summed E-state index contributed by atoms with van der Waals surface area (Å²) in [6.07, 6.45) is 8.28. The molecule has 0 unspecified atom stereocenters. The molecule has 280 valence electrons. The number of hydrogen-bond donors (Lipinski definition) is 1. The molecule has 3 amide bonds. The van der Waals surface area contributed by atoms with E-state index < -0.39 is 17.5 Å². The number of aryl methyl sites for hydroxylation is 1. The zero-order chi connectivity index (χ0) is 38.3. The second-order valence-electron chi connectivity index (χ2n) is 14.5. The predicted octanol–water partition coefficient (Wildman–Crippen LogP) is 3.77. The number of nitrogens with zero attached hydrogens (tertiary/aromatic N) is 7. The van der Waals surface area contributed by atoms with Gasteiger partial charge in [-0.05, 0) is 71.4 Å². The maximum absolute atomic E-state index is 14.5. The molecule has 3 aliphatic rings. The average molecular weight is 798 g/mol. The number of piperidine rings is 1. The summed E-state index contributed by atoms with van der Waals surface area (Å²) >= 11 is 3.44. The number of carbonyl (C=O) groups is 5. The van der Waals surface area contributed by atoms with Crippen molar-refractivity contribution in [2.45, 2.75) is 77.7 Å². The van der Waals surface area contributed by atoms with Gasteiger partial charge in [-0.2, -0.15) is 5.10 Å². The van der Waals surface area contributed by atoms with Crippen LogP contribution in [0.4, 0.5) is 0 Å². The molecule has 2 bridgehead atoms. The molecule has 5 heterocycles. The van der Waals surface area contributed by atoms with Gasteiger partial charge in [0, 0.05) is 62.2 Å². The predicted molar refractivity (Wildman–Crippen MR) is 201 cm³/mol. The van der Waals surface area contributed by atoms with Gasteiger partial charge in [-0.15, -0.1) is 0 Å². The van der Waals surface area contributed by atoms with Gasteiger partial charge < -0.3 is 19.9 Å². The van der Waals surface area contributed by atoms with Crippen LogP contribution in [-0.2, 0) is 43.5 Å². The molecule has 4 aromatic rings. The van der Waals surface area contributed by atoms with E-state index in [0.29, 0.717) is 46.4 Å². The molecular formula is C39H41BrN8O6. The van der Waals surface area contributed by atoms with E-state index in [9.17, 15) is 24.0 Å². The summed E-state index contributed by atoms with van der Waals surface area (Å²) in [5, 5.41) is 7.97. The molecule has 1 N–H and O–H groups in total. The standard InChI is InChI=1S/C39H41BrN8O6/c1-22(49)37-28-13-25(27-17-41-23(2)42-18-27)8-10-31(28)47(45-37)19-36(52)48-32-15-39(16-34(39)48)21-46(4)38(53)29(43-24(3)50)7-5-6-12-54-20-26-9-11-35(40)44-30(26)14-33(32)51/h5-6,8-11,13,17-18,29,32,34H,7,12,14-16,19-21H2,1-4H3,(H,43,50)/t29-,32+,34-,39+/m1/s1. The number of likely N-dealkylation sites (N-methyl/N-ethyl adjacent to an activating group) is 1. The van der Waals surface area contributed by atoms with Crippen molar-refractivity contribution in [1.82, 2.24) is 39.8 Å². The van der Waals surface area contributed by atoms with Crippen molar-refractivity contribution in [3.8, 4) is 11.1 Å². The van der Waals surface area contributed by atoms with Crippen LogP contribution >= 0.6 is 15.9 Å². The zero-order valence-corrected chi connectivity index (χ0v) is 32.1. The van der Waals surface area contributed by atoms with Gasteiger partial charge in [0.05, 0.1) is 36.9 Å². The van der Waals surface area contributed by atoms with Crippen molar-refractivity contribution < 1.29 is 28.7 Å². The summed E-state index contributed by atoms with van der Waals surface area (Å²) in [7, 11) is 1.69. The van der Waals surface area contributed by atoms with Crippen LogP contribution in [0.15, 0.2) is 59.5 Å². The van der Waals surface area contributed by atoms with Crippen LogP contribution in [0.1, 0.15) is 60.7 Å². The van der Waals surface area contributed by atoms with Gasteiger partial charge in [0.15, 0.2) is 11.6 Å². The highest BCUT2D eigenvalue weighted by Gasteiger charge is 2.67. The Kier molecular flexibility index (Phi) is 10.3. The van der Waals surface area contributed by atoms with Gasteiger partial charge in [-0.25, -0.2) is 15.0 Å². The first kappa shape index (κ1) is 37.2. The number of benzene rings is 1. The number of fused-ring (bicyclic) bond motifs is 3. The van der Waals surface area contributed by atoms with Gasteiger partial charge in [-0.1, -0.05) is 24.3 Å². The molecule has 15 heteroatoms. The number of pyridine rings is 1. The molecule has 2 aliphatic heterocycles. The van der Waals surface area contributed by atoms with E-state index in [0.717, 1.165) is 16.7 Å². The largest absolute Gasteiger partial charge is 0.373 e. The fourth-order valence-electron chi connectivity index (χ4n) is 7.87. The van der Waals surface area contributed by atoms with Crippen molar-refractivity contribution in [1.29, 1.82) is 0 Å². The number of rotatable bonds is 5. The van der Waals surface area contributed by atoms with Gasteiger partial charge in [0.25, 0.3) is 0 Å². The Morgan fingerprint density at radius 3 is 2.56 bits per heavy atom. The number of aromatic nitrogens is 5. The molecule has 0 radical (unpaired) electrons. The van der Waals surface area contributed by atoms with E-state index in [1.165, 1.54) is 18.5 Å². The minimum Gasteiger partial charge on any atom is -0.373 e. The molecular weight excluding hydrogens is 756 g/mol. The first-order valence-electron chi connectivity index (χ1n) is 17.9. The second-order valence-corrected chi connectivity index (χ2v) is 15.3. The van der Waals surface area contributed by atoms with Crippen LogP contribution < -0.4 is 5.32 Å². The van der Waals surface area contributed by atoms with Crippen molar-refractivity contribution in [2.24, 2.45) is 5.41 Å². The van der Waals surface area contributed by atoms with E-state index >= 15 is 0 Å². The molecule has 3 aromatic heterocycles. The summed E-state index contributed by atoms with van der Waals surface area (Å²) in [6, 6.07) is 7.35. The van der Waals surface area contributed by atoms with Crippen LogP contribution in [0.25, 0.3) is 22.0 Å². The molecule has 1 saturated carbocycles. The SMILES string of the molecule is CC(=O)N[C@@H]1CC=CCOCc2ccc(Br)nc2CC(=O)[C@@H]2C[C@]3(C[C@H]3N2C(=O)Cn2nc(C(C)=O)c3cc(-c4cnc(C)nc4)ccc32)CN(C)C1=O. The van der Waals surface area contributed by atoms with E-state index in [2.05, 4.69) is 41.3 Å². The van der Waals surface area contributed by atoms with E-state index in [1.54, 1.807) is 48.3 Å². The smallest absolute Gasteiger partial charge is 0.245 e. The second kappa shape index (κ2) is 14.9. The molecule has 1 aromatic carbocycles. The summed E-state index contributed by atoms with van der Waals surface area (Å²) < 4.78 is 7.99. The van der Waals surface area contributed by atoms with E-state index in [-0.39, 0.29) is 73.6 Å². The number of likely N-dealkylation sites (tertiary alicyclic amines) is 1. The monoisotopic (exact) mass is 796 g/mol. The highest BCUT2D eigenvalue weighted by molar-refractivity contribution is 9.10. The fourth-order valence-corrected chi connectivity index (χ4v) is 8.22. The Morgan fingerprint density at radius 2 is 1.81 bits per heavy atom. The van der Waals surface area contributed by atoms with Crippen LogP contribution in [0.3, 0.4) is 0 Å². The Labute approximate surface area is 320 Å². The molecule has 14 nitrogen and oxygen atoms in total. The first-order chi connectivity index (χ1) is 25.8. The van der Waals surface area contributed by atoms with Crippen molar-refractivity contribution in [3.05, 3.63) is 82.3 Å². The summed E-state index contributed by atoms with van der Waals surface area (Å²) in [4.78, 5) is 83.9. The highest BCUT2D eigenvalue weighted by Crippen LogP contribution is 2.60. The number of ether oxygens (including phenoxy) is 1. The Bertz CT molecular complexity index is 2200. The topological polar surface area (TPSA) is 170 Å². The number of hydrogen-bond acceptors (Lipinski definition) is 10. The van der Waals surface area contributed by atoms with Gasteiger partial charge in [0.1, 0.15) is 28.7 Å². The molecule has 7 rings (SSSR count). The summed E-state index contributed by atoms with van der Waals surface area (Å²) in [5.74, 6) is -0.676. The van der Waals surface area contributed by atoms with Crippen LogP contribution in [0, 0.1) is 12.3 Å². The van der Waals surface area contributed by atoms with Crippen molar-refractivity contribution in [2.75, 3.05) is 20.2 Å². The molecule has 1 aliphatic carbocycles. The molecule has 54 heavy (non-hydrogen) atoms. The van der Waals surface area contributed by atoms with Crippen LogP contribution in [-0.4, -0.2) is 102 Å². The number of Topliss-reactive ketones (excluding diaryl/α,β-unsaturated/α-hetero) is 2. The third-order valence-electron chi connectivity index (χ3n) is 10.6. The van der Waals surface area contributed by atoms with Gasteiger partial charge in [-0.3, -0.25) is 28.7 Å². The third kappa shape index (κ3) is 7.47. The molecule has 4 atom stereocenters. The fraction of sp³-hybridized carbons (Fsp3) is 0.410. The first-order valence-corrected chi connectivity index (χ1v) is 18.7. The molecule has 2 fully saturated rings. The number of amides is 3. The van der Waals surface area contributed by atoms with Crippen molar-refractivity contribution >= 4 is 56.1 Å². The average Bonchev–Trinajstić information content (AvgIpc) is 3.53. The highest BCUT2D eigenvalue weighted by atomic mass is 79.9. The Morgan fingerprint density at radius 1 is 1.04 bits per heavy atom. The van der Waals surface area contributed by atoms with Crippen LogP contribution in [0.2, 0.25) is 0 Å². The van der Waals surface area contributed by atoms with Crippen LogP contribution in [0.5, 0.6) is 0 Å². The van der Waals surface area contributed by atoms with E-state index in [4.69, 9.17) is 4.74 Å². The zero-order valence-electron chi connectivity index (χ0n) is 30.5. The molecule has 1 spiro atoms. The lowest BCUT2D eigenvalue weighted by Crippen LogP contribution is -2.48. The quantitative estimate of drug-likeness (QED) is 0.178. The lowest BCUT2D eigenvalue weighted by Gasteiger charge is -2.27. The molecule has 1 saturated heterocycles. The lowest BCUT2D eigenvalue weighted by atomic mass is 9.94. The van der Waals surface area contributed by atoms with E-state index in [1.807, 2.05) is 30.3 Å². The van der Waals surface area contributed by atoms with Gasteiger partial charge >= 0.3 is 0 Å². The van der Waals surface area contributed by atoms with Gasteiger partial charge in [0.2, 0.25) is 17.7 Å². The lowest BCUT2D eigenvalue weighted by molar-refractivity contribution is -0.139. The normalized spacial score (nSPS) is 23.2. The Hall–Kier alpha value is -5.15. The maximum Gasteiger partial charge on any atom is 0.245 e. The number of ketones is 2. The number of nitrogens with one attached hydrogen (secondary N) is 1. The summed E-state index contributed by atoms with van der Waals surface area (Å²) in [6.45, 7) is 5.17. The third-order valence-corrected chi connectivity index (χ3v) is 11.0. The Balaban J connectivity index is 1.22. The minimum atomic E-state index is -0.783. The number of halogens is 1. The summed E-state index contributed by atoms with van der Waals surface area (Å²) in [5.41, 5.74) is 3.21. The number of carbonyl (C=O) groups excluding carboxylic acids is 5. The minimum absolute atomic E-state index is 0.0186. The van der Waals surface area contributed by atoms with Crippen molar-refractivity contribution in [3.63, 3.8) is 0 Å². The maximum atomic E-state index is 14.5.